The molecule has 0 radical (unpaired) electrons. The van der Waals surface area contributed by atoms with Gasteiger partial charge in [0.25, 0.3) is 0 Å². The van der Waals surface area contributed by atoms with E-state index in [2.05, 4.69) is 0 Å². The molecule has 0 aliphatic rings. The molecule has 1 aromatic rings. The van der Waals surface area contributed by atoms with E-state index in [0.29, 0.717) is 4.90 Å². The molecule has 0 aliphatic carbocycles. The Kier molecular flexibility index (Phi) is 5.56. The molecular weight excluding hydrogens is 188 g/mol. The average Bonchev–Trinajstić information content (AvgIpc) is 1.88. The molecule has 0 saturated heterocycles. The summed E-state index contributed by atoms with van der Waals surface area (Å²) in [4.78, 5) is 0.488. The van der Waals surface area contributed by atoms with Gasteiger partial charge in [-0.25, -0.2) is 4.21 Å². The van der Waals surface area contributed by atoms with Crippen LogP contribution in [0.25, 0.3) is 0 Å². The van der Waals surface area contributed by atoms with Gasteiger partial charge in [0.15, 0.2) is 11.1 Å². The first-order valence-electron chi connectivity index (χ1n) is 2.88. The van der Waals surface area contributed by atoms with Crippen molar-refractivity contribution < 1.29 is 8.76 Å². The van der Waals surface area contributed by atoms with E-state index in [-0.39, 0.29) is 37.7 Å². The fraction of sp³-hybridized carbons (Fsp3) is 0.143. The number of aryl methyl sites for hydroxylation is 1. The summed E-state index contributed by atoms with van der Waals surface area (Å²) in [5, 5.41) is 0. The van der Waals surface area contributed by atoms with Gasteiger partial charge in [-0.1, -0.05) is 18.2 Å². The van der Waals surface area contributed by atoms with Gasteiger partial charge in [0.05, 0.1) is 4.90 Å². The van der Waals surface area contributed by atoms with Crippen LogP contribution in [0.15, 0.2) is 29.2 Å². The Morgan fingerprint density at radius 3 is 2.27 bits per heavy atom. The molecule has 0 fully saturated rings. The Labute approximate surface area is 98.3 Å². The number of benzene rings is 1. The molecule has 1 rings (SSSR count). The molecule has 0 bridgehead atoms. The van der Waals surface area contributed by atoms with E-state index in [9.17, 15) is 4.21 Å². The van der Waals surface area contributed by atoms with Gasteiger partial charge in [0, 0.05) is 0 Å². The molecule has 11 heavy (non-hydrogen) atoms. The molecule has 0 amide bonds. The van der Waals surface area contributed by atoms with Gasteiger partial charge in [0.2, 0.25) is 0 Å². The van der Waals surface area contributed by atoms with Crippen molar-refractivity contribution in [2.75, 3.05) is 0 Å². The van der Waals surface area contributed by atoms with Crippen LogP contribution in [-0.4, -0.2) is 46.5 Å². The van der Waals surface area contributed by atoms with Crippen LogP contribution in [-0.2, 0) is 11.1 Å². The summed E-state index contributed by atoms with van der Waals surface area (Å²) in [5.41, 5.74) is 0.850. The van der Waals surface area contributed by atoms with Gasteiger partial charge < -0.3 is 4.55 Å². The van der Waals surface area contributed by atoms with Crippen LogP contribution >= 0.6 is 0 Å². The normalized spacial score (nSPS) is 11.8. The Bertz CT molecular complexity index is 262. The molecule has 0 saturated carbocycles. The van der Waals surface area contributed by atoms with E-state index >= 15 is 0 Å². The second kappa shape index (κ2) is 5.27. The molecule has 0 spiro atoms. The molecule has 58 valence electrons. The Morgan fingerprint density at radius 2 is 1.91 bits per heavy atom. The second-order valence-electron chi connectivity index (χ2n) is 2.01. The molecule has 1 unspecified atom stereocenters. The van der Waals surface area contributed by atoms with Crippen LogP contribution in [0.1, 0.15) is 5.56 Å². The van der Waals surface area contributed by atoms with E-state index in [4.69, 9.17) is 4.55 Å². The fourth-order valence-electron chi connectivity index (χ4n) is 0.752. The average molecular weight is 198 g/mol. The van der Waals surface area contributed by atoms with E-state index < -0.39 is 11.1 Å². The molecule has 0 aromatic heterocycles. The summed E-state index contributed by atoms with van der Waals surface area (Å²) in [6, 6.07) is 7.04. The number of rotatable bonds is 1. The minimum absolute atomic E-state index is 0. The third-order valence-electron chi connectivity index (χ3n) is 1.28. The van der Waals surface area contributed by atoms with Crippen LogP contribution in [0.3, 0.4) is 0 Å². The standard InChI is InChI=1S/C7H8O2S.Ca.2H/c1-6-4-2-3-5-7(6)10(8)9;;;/h2-5H,1H3,(H,8,9);;;. The monoisotopic (exact) mass is 198 g/mol. The number of hydrogen-bond acceptors (Lipinski definition) is 1. The second-order valence-corrected chi connectivity index (χ2v) is 2.95. The summed E-state index contributed by atoms with van der Waals surface area (Å²) >= 11 is -1.84. The van der Waals surface area contributed by atoms with Crippen LogP contribution in [0, 0.1) is 6.92 Å². The maximum atomic E-state index is 10.5. The van der Waals surface area contributed by atoms with Crippen molar-refractivity contribution in [2.24, 2.45) is 0 Å². The molecule has 1 aromatic carbocycles. The Balaban J connectivity index is 0.000001000. The molecular formula is C7H10CaO2S. The SMILES string of the molecule is Cc1ccccc1S(=O)O.[CaH2]. The Hall–Kier alpha value is 0.590. The molecule has 1 atom stereocenters. The van der Waals surface area contributed by atoms with Gasteiger partial charge in [-0.05, 0) is 18.6 Å². The molecule has 2 nitrogen and oxygen atoms in total. The predicted octanol–water partition coefficient (Wildman–Crippen LogP) is 0.659. The summed E-state index contributed by atoms with van der Waals surface area (Å²) in [6.07, 6.45) is 0. The first-order valence-corrected chi connectivity index (χ1v) is 3.99. The molecule has 0 aliphatic heterocycles. The van der Waals surface area contributed by atoms with E-state index in [1.165, 1.54) is 0 Å². The summed E-state index contributed by atoms with van der Waals surface area (Å²) in [6.45, 7) is 1.81. The van der Waals surface area contributed by atoms with Gasteiger partial charge in [-0.3, -0.25) is 0 Å². The minimum atomic E-state index is -1.84. The Morgan fingerprint density at radius 1 is 1.36 bits per heavy atom. The van der Waals surface area contributed by atoms with Crippen LogP contribution in [0.2, 0.25) is 0 Å². The van der Waals surface area contributed by atoms with Crippen molar-refractivity contribution >= 4 is 48.8 Å². The van der Waals surface area contributed by atoms with Crippen LogP contribution < -0.4 is 0 Å². The fourth-order valence-corrected chi connectivity index (χ4v) is 1.29. The van der Waals surface area contributed by atoms with E-state index in [1.807, 2.05) is 19.1 Å². The van der Waals surface area contributed by atoms with Gasteiger partial charge in [-0.2, -0.15) is 0 Å². The molecule has 1 N–H and O–H groups in total. The zero-order chi connectivity index (χ0) is 7.56. The zero-order valence-electron chi connectivity index (χ0n) is 5.57. The van der Waals surface area contributed by atoms with Crippen molar-refractivity contribution in [1.82, 2.24) is 0 Å². The zero-order valence-corrected chi connectivity index (χ0v) is 6.39. The van der Waals surface area contributed by atoms with E-state index in [0.717, 1.165) is 5.56 Å². The van der Waals surface area contributed by atoms with Crippen molar-refractivity contribution in [1.29, 1.82) is 0 Å². The van der Waals surface area contributed by atoms with Crippen LogP contribution in [0.4, 0.5) is 0 Å². The third-order valence-corrected chi connectivity index (χ3v) is 2.12. The quantitative estimate of drug-likeness (QED) is 0.531. The van der Waals surface area contributed by atoms with Crippen LogP contribution in [0.5, 0.6) is 0 Å². The molecule has 4 heteroatoms. The summed E-state index contributed by atoms with van der Waals surface area (Å²) in [7, 11) is 0. The predicted molar refractivity (Wildman–Crippen MR) is 48.8 cm³/mol. The van der Waals surface area contributed by atoms with Crippen molar-refractivity contribution in [3.05, 3.63) is 29.8 Å². The third kappa shape index (κ3) is 3.21. The summed E-state index contributed by atoms with van der Waals surface area (Å²) < 4.78 is 19.2. The van der Waals surface area contributed by atoms with Crippen molar-refractivity contribution in [2.45, 2.75) is 11.8 Å². The first kappa shape index (κ1) is 11.6. The maximum absolute atomic E-state index is 10.5. The molecule has 0 heterocycles. The first-order chi connectivity index (χ1) is 4.72. The van der Waals surface area contributed by atoms with Gasteiger partial charge >= 0.3 is 37.7 Å². The van der Waals surface area contributed by atoms with Gasteiger partial charge in [0.1, 0.15) is 0 Å². The van der Waals surface area contributed by atoms with Gasteiger partial charge in [-0.15, -0.1) is 0 Å². The van der Waals surface area contributed by atoms with Crippen molar-refractivity contribution in [3.8, 4) is 0 Å². The van der Waals surface area contributed by atoms with E-state index in [1.54, 1.807) is 12.1 Å². The number of hydrogen-bond donors (Lipinski definition) is 1. The summed E-state index contributed by atoms with van der Waals surface area (Å²) in [5.74, 6) is 0. The van der Waals surface area contributed by atoms with Crippen molar-refractivity contribution in [3.63, 3.8) is 0 Å². The topological polar surface area (TPSA) is 37.3 Å².